The van der Waals surface area contributed by atoms with E-state index in [0.29, 0.717) is 22.3 Å². The average molecular weight is 492 g/mol. The molecule has 0 bridgehead atoms. The van der Waals surface area contributed by atoms with Crippen molar-refractivity contribution in [3.8, 4) is 0 Å². The highest BCUT2D eigenvalue weighted by molar-refractivity contribution is 9.24. The van der Waals surface area contributed by atoms with Crippen LogP contribution in [-0.4, -0.2) is 11.9 Å². The predicted octanol–water partition coefficient (Wildman–Crippen LogP) is 4.57. The smallest absolute Gasteiger partial charge is 0.347 e. The molecule has 0 spiro atoms. The van der Waals surface area contributed by atoms with Gasteiger partial charge < -0.3 is 4.74 Å². The van der Waals surface area contributed by atoms with Crippen LogP contribution in [0.15, 0.2) is 12.1 Å². The van der Waals surface area contributed by atoms with E-state index in [1.54, 1.807) is 12.1 Å². The fourth-order valence-corrected chi connectivity index (χ4v) is 3.15. The second kappa shape index (κ2) is 5.11. The molecule has 0 saturated heterocycles. The maximum Gasteiger partial charge on any atom is 0.347 e. The fourth-order valence-electron chi connectivity index (χ4n) is 1.62. The molecule has 3 nitrogen and oxygen atoms in total. The minimum Gasteiger partial charge on any atom is -0.386 e. The summed E-state index contributed by atoms with van der Waals surface area (Å²) in [5, 5.41) is 0. The third kappa shape index (κ3) is 2.39. The number of benzene rings is 1. The van der Waals surface area contributed by atoms with Gasteiger partial charge in [-0.25, -0.2) is 9.59 Å². The SMILES string of the molecule is O=C1OC(=O)c2c(C(Br)Br)ccc(C(Br)Br)c21. The molecule has 0 N–H and O–H groups in total. The van der Waals surface area contributed by atoms with Crippen molar-refractivity contribution >= 4 is 75.7 Å². The van der Waals surface area contributed by atoms with E-state index in [-0.39, 0.29) is 7.47 Å². The van der Waals surface area contributed by atoms with Crippen LogP contribution in [0, 0.1) is 0 Å². The van der Waals surface area contributed by atoms with Gasteiger partial charge in [0.25, 0.3) is 0 Å². The molecule has 90 valence electrons. The van der Waals surface area contributed by atoms with Crippen molar-refractivity contribution in [2.75, 3.05) is 0 Å². The molecule has 0 aliphatic carbocycles. The summed E-state index contributed by atoms with van der Waals surface area (Å²) in [4.78, 5) is 23.3. The van der Waals surface area contributed by atoms with Crippen LogP contribution in [0.1, 0.15) is 39.3 Å². The van der Waals surface area contributed by atoms with Crippen LogP contribution < -0.4 is 0 Å². The number of hydrogen-bond donors (Lipinski definition) is 0. The standard InChI is InChI=1S/C10H4Br4O3/c11-7(12)3-1-2-4(8(13)14)6-5(3)9(15)17-10(6)16/h1-2,7-8H. The van der Waals surface area contributed by atoms with Crippen molar-refractivity contribution in [1.82, 2.24) is 0 Å². The molecule has 0 saturated carbocycles. The molecule has 1 aromatic carbocycles. The highest BCUT2D eigenvalue weighted by Crippen LogP contribution is 2.41. The van der Waals surface area contributed by atoms with Gasteiger partial charge in [-0.1, -0.05) is 75.9 Å². The monoisotopic (exact) mass is 488 g/mol. The van der Waals surface area contributed by atoms with Crippen LogP contribution in [0.2, 0.25) is 0 Å². The summed E-state index contributed by atoms with van der Waals surface area (Å²) in [6.07, 6.45) is 0. The Balaban J connectivity index is 2.75. The lowest BCUT2D eigenvalue weighted by Gasteiger charge is -2.10. The zero-order valence-corrected chi connectivity index (χ0v) is 14.4. The molecule has 0 fully saturated rings. The Morgan fingerprint density at radius 2 is 1.18 bits per heavy atom. The topological polar surface area (TPSA) is 43.4 Å². The molecule has 17 heavy (non-hydrogen) atoms. The summed E-state index contributed by atoms with van der Waals surface area (Å²) < 4.78 is 4.24. The Bertz CT molecular complexity index is 466. The lowest BCUT2D eigenvalue weighted by molar-refractivity contribution is 0.0443. The largest absolute Gasteiger partial charge is 0.386 e. The maximum atomic E-state index is 11.7. The molecule has 2 rings (SSSR count). The van der Waals surface area contributed by atoms with Crippen LogP contribution in [0.3, 0.4) is 0 Å². The minimum atomic E-state index is -0.605. The van der Waals surface area contributed by atoms with Gasteiger partial charge in [0.1, 0.15) is 0 Å². The number of fused-ring (bicyclic) bond motifs is 1. The number of esters is 2. The molecule has 1 aliphatic rings. The number of carbonyl (C=O) groups excluding carboxylic acids is 2. The Morgan fingerprint density at radius 1 is 0.824 bits per heavy atom. The summed E-state index contributed by atoms with van der Waals surface area (Å²) in [5.41, 5.74) is 1.99. The van der Waals surface area contributed by atoms with Crippen LogP contribution in [0.4, 0.5) is 0 Å². The minimum absolute atomic E-state index is 0.208. The molecular weight excluding hydrogens is 488 g/mol. The molecule has 0 amide bonds. The molecule has 7 heteroatoms. The van der Waals surface area contributed by atoms with E-state index in [0.717, 1.165) is 0 Å². The highest BCUT2D eigenvalue weighted by atomic mass is 79.9. The summed E-state index contributed by atoms with van der Waals surface area (Å²) in [5.74, 6) is -1.21. The number of ether oxygens (including phenoxy) is 1. The van der Waals surface area contributed by atoms with E-state index >= 15 is 0 Å². The summed E-state index contributed by atoms with van der Waals surface area (Å²) in [6, 6.07) is 3.55. The first kappa shape index (κ1) is 13.7. The van der Waals surface area contributed by atoms with Crippen molar-refractivity contribution in [1.29, 1.82) is 0 Å². The molecule has 1 aliphatic heterocycles. The van der Waals surface area contributed by atoms with E-state index < -0.39 is 11.9 Å². The van der Waals surface area contributed by atoms with Gasteiger partial charge in [-0.2, -0.15) is 0 Å². The van der Waals surface area contributed by atoms with E-state index in [1.807, 2.05) is 0 Å². The van der Waals surface area contributed by atoms with Crippen LogP contribution in [-0.2, 0) is 4.74 Å². The Morgan fingerprint density at radius 3 is 1.47 bits per heavy atom. The molecular formula is C10H4Br4O3. The van der Waals surface area contributed by atoms with Crippen molar-refractivity contribution in [2.24, 2.45) is 0 Å². The second-order valence-corrected chi connectivity index (χ2v) is 9.39. The van der Waals surface area contributed by atoms with Crippen molar-refractivity contribution in [3.63, 3.8) is 0 Å². The van der Waals surface area contributed by atoms with E-state index in [4.69, 9.17) is 0 Å². The lowest BCUT2D eigenvalue weighted by atomic mass is 9.99. The Labute approximate surface area is 131 Å². The third-order valence-electron chi connectivity index (χ3n) is 2.33. The fraction of sp³-hybridized carbons (Fsp3) is 0.200. The first-order valence-corrected chi connectivity index (χ1v) is 8.09. The number of carbonyl (C=O) groups is 2. The van der Waals surface area contributed by atoms with Gasteiger partial charge in [-0.3, -0.25) is 0 Å². The zero-order valence-electron chi connectivity index (χ0n) is 8.05. The Hall–Kier alpha value is 0.280. The number of alkyl halides is 4. The van der Waals surface area contributed by atoms with Crippen LogP contribution in [0.5, 0.6) is 0 Å². The highest BCUT2D eigenvalue weighted by Gasteiger charge is 2.36. The summed E-state index contributed by atoms with van der Waals surface area (Å²) in [6.45, 7) is 0. The molecule has 0 aromatic heterocycles. The van der Waals surface area contributed by atoms with Crippen molar-refractivity contribution in [3.05, 3.63) is 34.4 Å². The van der Waals surface area contributed by atoms with Crippen molar-refractivity contribution < 1.29 is 14.3 Å². The van der Waals surface area contributed by atoms with E-state index in [9.17, 15) is 9.59 Å². The second-order valence-electron chi connectivity index (χ2n) is 3.27. The van der Waals surface area contributed by atoms with Crippen molar-refractivity contribution in [2.45, 2.75) is 7.47 Å². The van der Waals surface area contributed by atoms with Crippen LogP contribution >= 0.6 is 63.7 Å². The van der Waals surface area contributed by atoms with E-state index in [2.05, 4.69) is 68.5 Å². The number of hydrogen-bond acceptors (Lipinski definition) is 3. The molecule has 0 atom stereocenters. The average Bonchev–Trinajstić information content (AvgIpc) is 2.54. The molecule has 1 heterocycles. The predicted molar refractivity (Wildman–Crippen MR) is 77.4 cm³/mol. The lowest BCUT2D eigenvalue weighted by Crippen LogP contribution is -2.02. The summed E-state index contributed by atoms with van der Waals surface area (Å²) in [7, 11) is 0. The molecule has 0 radical (unpaired) electrons. The molecule has 0 unspecified atom stereocenters. The van der Waals surface area contributed by atoms with Gasteiger partial charge >= 0.3 is 11.9 Å². The van der Waals surface area contributed by atoms with Gasteiger partial charge in [0, 0.05) is 0 Å². The van der Waals surface area contributed by atoms with Gasteiger partial charge in [0.2, 0.25) is 0 Å². The van der Waals surface area contributed by atoms with E-state index in [1.165, 1.54) is 0 Å². The normalized spacial score (nSPS) is 14.5. The third-order valence-corrected chi connectivity index (χ3v) is 4.31. The first-order chi connectivity index (χ1) is 7.93. The Kier molecular flexibility index (Phi) is 4.12. The number of rotatable bonds is 2. The van der Waals surface area contributed by atoms with Gasteiger partial charge in [0.15, 0.2) is 0 Å². The quantitative estimate of drug-likeness (QED) is 0.346. The first-order valence-electron chi connectivity index (χ1n) is 4.43. The van der Waals surface area contributed by atoms with Gasteiger partial charge in [0.05, 0.1) is 18.6 Å². The number of cyclic esters (lactones) is 2. The maximum absolute atomic E-state index is 11.7. The zero-order chi connectivity index (χ0) is 12.7. The summed E-state index contributed by atoms with van der Waals surface area (Å²) >= 11 is 13.3. The van der Waals surface area contributed by atoms with Crippen LogP contribution in [0.25, 0.3) is 0 Å². The number of halogens is 4. The van der Waals surface area contributed by atoms with Gasteiger partial charge in [-0.05, 0) is 11.1 Å². The van der Waals surface area contributed by atoms with Gasteiger partial charge in [-0.15, -0.1) is 0 Å². The molecule has 1 aromatic rings.